The zero-order valence-corrected chi connectivity index (χ0v) is 26.8. The van der Waals surface area contributed by atoms with Gasteiger partial charge < -0.3 is 16.3 Å². The maximum absolute atomic E-state index is 12.2. The van der Waals surface area contributed by atoms with E-state index in [0.29, 0.717) is 12.1 Å². The van der Waals surface area contributed by atoms with Gasteiger partial charge in [-0.15, -0.1) is 11.6 Å². The Balaban J connectivity index is -0.000000140. The second-order valence-corrected chi connectivity index (χ2v) is 5.97. The normalized spacial score (nSPS) is 9.84. The standard InChI is InChI=1S/C8H8F4N2O.C5H5F3N2O.C3H4ClF.CH2O3.2K.H/c1-5(9)4-15-7-3-6(8(10,11)12)13-14(7)2;1-10-4(11)2-3(9-10)5(6,7)8;1-3(5)2-4;2-1-4-3;;;/h3H,1,4H2,2H3;2,9H,1H3;1-2H2;1,3H;;;/q;;;;2*+1;-1/p-1. The van der Waals surface area contributed by atoms with Gasteiger partial charge in [0.2, 0.25) is 5.88 Å². The predicted molar refractivity (Wildman–Crippen MR) is 104 cm³/mol. The first-order valence-electron chi connectivity index (χ1n) is 8.42. The van der Waals surface area contributed by atoms with Gasteiger partial charge >= 0.3 is 115 Å². The smallest absolute Gasteiger partial charge is 1.00 e. The monoisotopic (exact) mass is 624 g/mol. The Labute approximate surface area is 296 Å². The summed E-state index contributed by atoms with van der Waals surface area (Å²) in [6.45, 7) is 5.12. The third kappa shape index (κ3) is 21.4. The number of hydrogen-bond donors (Lipinski definition) is 1. The number of ether oxygens (including phenoxy) is 1. The van der Waals surface area contributed by atoms with Gasteiger partial charge in [-0.25, -0.2) is 13.5 Å². The fraction of sp³-hybridized carbons (Fsp3) is 0.353. The van der Waals surface area contributed by atoms with Crippen molar-refractivity contribution < 1.29 is 159 Å². The number of rotatable bonds is 5. The number of H-pyrrole nitrogens is 1. The van der Waals surface area contributed by atoms with Gasteiger partial charge in [0, 0.05) is 26.2 Å². The van der Waals surface area contributed by atoms with Crippen LogP contribution in [0.3, 0.4) is 0 Å². The Kier molecular flexibility index (Phi) is 25.8. The van der Waals surface area contributed by atoms with E-state index in [9.17, 15) is 39.9 Å². The van der Waals surface area contributed by atoms with E-state index in [-0.39, 0.29) is 122 Å². The van der Waals surface area contributed by atoms with E-state index in [4.69, 9.17) is 26.4 Å². The minimum Gasteiger partial charge on any atom is -1.00 e. The molecule has 0 aliphatic heterocycles. The summed E-state index contributed by atoms with van der Waals surface area (Å²) in [7, 11) is 2.49. The SMILES string of the molecule is C=C(F)CCl.C=C(F)COc1cc(C(F)(F)F)nn1C.Cn1[nH]c(C(F)(F)F)cc1=O.O=CO[O-].[H-].[K+].[K+]. The average Bonchev–Trinajstić information content (AvgIpc) is 3.29. The number of halogens is 9. The van der Waals surface area contributed by atoms with Crippen molar-refractivity contribution in [2.45, 2.75) is 12.4 Å². The number of aryl methyl sites for hydroxylation is 2. The molecule has 0 amide bonds. The Morgan fingerprint density at radius 2 is 1.59 bits per heavy atom. The van der Waals surface area contributed by atoms with E-state index >= 15 is 0 Å². The first-order chi connectivity index (χ1) is 15.9. The van der Waals surface area contributed by atoms with Crippen LogP contribution < -0.4 is 118 Å². The fourth-order valence-electron chi connectivity index (χ4n) is 1.51. The number of aromatic amines is 1. The quantitative estimate of drug-likeness (QED) is 0.0968. The molecule has 20 heteroatoms. The van der Waals surface area contributed by atoms with Gasteiger partial charge in [0.1, 0.15) is 24.0 Å². The molecule has 2 aromatic heterocycles. The molecule has 0 saturated heterocycles. The van der Waals surface area contributed by atoms with Crippen LogP contribution in [-0.2, 0) is 36.1 Å². The second-order valence-electron chi connectivity index (χ2n) is 5.70. The summed E-state index contributed by atoms with van der Waals surface area (Å²) < 4.78 is 102. The summed E-state index contributed by atoms with van der Waals surface area (Å²) in [5.74, 6) is -1.50. The number of allylic oxidation sites excluding steroid dienone is 1. The van der Waals surface area contributed by atoms with Crippen LogP contribution in [0.15, 0.2) is 41.7 Å². The van der Waals surface area contributed by atoms with Gasteiger partial charge in [0.15, 0.2) is 5.69 Å². The fourth-order valence-corrected chi connectivity index (χ4v) is 1.51. The summed E-state index contributed by atoms with van der Waals surface area (Å²) in [6.07, 6.45) is -9.01. The molecule has 1 N–H and O–H groups in total. The predicted octanol–water partition coefficient (Wildman–Crippen LogP) is -2.70. The van der Waals surface area contributed by atoms with E-state index in [2.05, 4.69) is 23.1 Å². The number of carbonyl (C=O) groups is 1. The molecule has 0 aliphatic carbocycles. The molecule has 37 heavy (non-hydrogen) atoms. The molecule has 0 aromatic carbocycles. The molecular weight excluding hydrogens is 606 g/mol. The zero-order valence-electron chi connectivity index (χ0n) is 20.8. The van der Waals surface area contributed by atoms with Crippen molar-refractivity contribution >= 4 is 18.1 Å². The third-order valence-electron chi connectivity index (χ3n) is 2.88. The van der Waals surface area contributed by atoms with Gasteiger partial charge in [-0.05, 0) is 0 Å². The Morgan fingerprint density at radius 1 is 1.14 bits per heavy atom. The van der Waals surface area contributed by atoms with Crippen molar-refractivity contribution in [2.24, 2.45) is 14.1 Å². The molecule has 2 rings (SSSR count). The van der Waals surface area contributed by atoms with Crippen LogP contribution in [0.1, 0.15) is 12.8 Å². The minimum atomic E-state index is -4.54. The summed E-state index contributed by atoms with van der Waals surface area (Å²) in [6, 6.07) is 1.21. The molecule has 0 fully saturated rings. The number of nitrogens with zero attached hydrogens (tertiary/aromatic N) is 3. The molecule has 0 saturated carbocycles. The number of alkyl halides is 7. The summed E-state index contributed by atoms with van der Waals surface area (Å²) in [4.78, 5) is 21.8. The molecule has 0 aliphatic rings. The Hall–Kier alpha value is -0.0673. The third-order valence-corrected chi connectivity index (χ3v) is 3.17. The van der Waals surface area contributed by atoms with E-state index in [0.717, 1.165) is 9.36 Å². The molecule has 0 spiro atoms. The van der Waals surface area contributed by atoms with Crippen LogP contribution in [0, 0.1) is 0 Å². The van der Waals surface area contributed by atoms with Crippen molar-refractivity contribution in [3.63, 3.8) is 0 Å². The largest absolute Gasteiger partial charge is 1.00 e. The number of aromatic nitrogens is 4. The van der Waals surface area contributed by atoms with E-state index < -0.39 is 47.6 Å². The molecule has 2 aromatic rings. The second kappa shape index (κ2) is 21.7. The first-order valence-corrected chi connectivity index (χ1v) is 8.96. The summed E-state index contributed by atoms with van der Waals surface area (Å²) >= 11 is 4.86. The van der Waals surface area contributed by atoms with E-state index in [1.807, 2.05) is 5.10 Å². The molecular formula is C17H19ClF8K2N4O5. The van der Waals surface area contributed by atoms with Crippen LogP contribution in [0.4, 0.5) is 35.1 Å². The van der Waals surface area contributed by atoms with Crippen molar-refractivity contribution in [1.29, 1.82) is 0 Å². The average molecular weight is 625 g/mol. The molecule has 0 bridgehead atoms. The number of hydrogen-bond acceptors (Lipinski definition) is 6. The summed E-state index contributed by atoms with van der Waals surface area (Å²) in [5.41, 5.74) is -2.80. The Bertz CT molecular complexity index is 1020. The van der Waals surface area contributed by atoms with Crippen molar-refractivity contribution in [3.05, 3.63) is 58.7 Å². The van der Waals surface area contributed by atoms with Crippen LogP contribution in [0.2, 0.25) is 0 Å². The van der Waals surface area contributed by atoms with Crippen molar-refractivity contribution in [3.8, 4) is 5.88 Å². The molecule has 202 valence electrons. The van der Waals surface area contributed by atoms with Crippen molar-refractivity contribution in [2.75, 3.05) is 12.5 Å². The van der Waals surface area contributed by atoms with Crippen LogP contribution in [0.5, 0.6) is 5.88 Å². The van der Waals surface area contributed by atoms with Gasteiger partial charge in [0.05, 0.1) is 5.88 Å². The summed E-state index contributed by atoms with van der Waals surface area (Å²) in [5, 5.41) is 13.5. The molecule has 0 radical (unpaired) electrons. The first kappa shape index (κ1) is 44.0. The van der Waals surface area contributed by atoms with Gasteiger partial charge in [-0.2, -0.15) is 31.4 Å². The Morgan fingerprint density at radius 3 is 1.81 bits per heavy atom. The van der Waals surface area contributed by atoms with Crippen LogP contribution in [0.25, 0.3) is 0 Å². The maximum atomic E-state index is 12.2. The van der Waals surface area contributed by atoms with E-state index in [1.165, 1.54) is 14.1 Å². The van der Waals surface area contributed by atoms with E-state index in [1.54, 1.807) is 0 Å². The molecule has 0 atom stereocenters. The number of carbonyl (C=O) groups excluding carboxylic acids is 1. The molecule has 0 unspecified atom stereocenters. The van der Waals surface area contributed by atoms with Gasteiger partial charge in [0.25, 0.3) is 12.0 Å². The van der Waals surface area contributed by atoms with Crippen LogP contribution in [-0.4, -0.2) is 38.5 Å². The molecule has 2 heterocycles. The van der Waals surface area contributed by atoms with Crippen molar-refractivity contribution in [1.82, 2.24) is 19.6 Å². The zero-order chi connectivity index (χ0) is 28.0. The molecule has 9 nitrogen and oxygen atoms in total. The van der Waals surface area contributed by atoms with Gasteiger partial charge in [-0.3, -0.25) is 19.4 Å². The topological polar surface area (TPSA) is 114 Å². The van der Waals surface area contributed by atoms with Crippen LogP contribution >= 0.6 is 11.6 Å². The maximum Gasteiger partial charge on any atom is 1.00 e. The number of nitrogens with one attached hydrogen (secondary N) is 1. The minimum absolute atomic E-state index is 0. The van der Waals surface area contributed by atoms with Gasteiger partial charge in [-0.1, -0.05) is 13.2 Å².